The van der Waals surface area contributed by atoms with E-state index >= 15 is 0 Å². The van der Waals surface area contributed by atoms with Gasteiger partial charge in [0.25, 0.3) is 5.91 Å². The van der Waals surface area contributed by atoms with Gasteiger partial charge in [0.1, 0.15) is 17.9 Å². The highest BCUT2D eigenvalue weighted by Crippen LogP contribution is 2.11. The first-order valence-electron chi connectivity index (χ1n) is 6.69. The van der Waals surface area contributed by atoms with Crippen molar-refractivity contribution in [2.75, 3.05) is 11.9 Å². The maximum Gasteiger partial charge on any atom is 0.262 e. The van der Waals surface area contributed by atoms with Crippen LogP contribution in [-0.2, 0) is 4.79 Å². The average Bonchev–Trinajstić information content (AvgIpc) is 3.09. The molecule has 0 bridgehead atoms. The first-order chi connectivity index (χ1) is 11.2. The number of nitrogens with one attached hydrogen (secondary N) is 1. The summed E-state index contributed by atoms with van der Waals surface area (Å²) >= 11 is 0. The highest BCUT2D eigenvalue weighted by atomic mass is 19.1. The van der Waals surface area contributed by atoms with Crippen molar-refractivity contribution in [2.45, 2.75) is 0 Å². The summed E-state index contributed by atoms with van der Waals surface area (Å²) in [6.07, 6.45) is 7.87. The molecule has 0 aliphatic rings. The maximum atomic E-state index is 12.8. The molecule has 0 fully saturated rings. The van der Waals surface area contributed by atoms with Gasteiger partial charge in [-0.15, -0.1) is 0 Å². The van der Waals surface area contributed by atoms with Gasteiger partial charge in [-0.1, -0.05) is 0 Å². The number of amides is 1. The minimum atomic E-state index is -0.367. The normalized spacial score (nSPS) is 10.3. The number of hydrogen-bond donors (Lipinski definition) is 1. The van der Waals surface area contributed by atoms with Crippen LogP contribution in [0.2, 0.25) is 0 Å². The number of rotatable bonds is 5. The van der Waals surface area contributed by atoms with Crippen LogP contribution >= 0.6 is 0 Å². The Morgan fingerprint density at radius 1 is 1.22 bits per heavy atom. The van der Waals surface area contributed by atoms with Gasteiger partial charge in [0.15, 0.2) is 6.61 Å². The second-order valence-corrected chi connectivity index (χ2v) is 4.53. The Kier molecular flexibility index (Phi) is 4.23. The zero-order valence-electron chi connectivity index (χ0n) is 11.9. The van der Waals surface area contributed by atoms with Gasteiger partial charge >= 0.3 is 0 Å². The summed E-state index contributed by atoms with van der Waals surface area (Å²) in [6.45, 7) is -0.199. The van der Waals surface area contributed by atoms with Crippen LogP contribution in [0.1, 0.15) is 0 Å². The molecular weight excluding hydrogens is 301 g/mol. The smallest absolute Gasteiger partial charge is 0.262 e. The van der Waals surface area contributed by atoms with E-state index in [1.807, 2.05) is 0 Å². The van der Waals surface area contributed by atoms with Crippen molar-refractivity contribution >= 4 is 11.6 Å². The Bertz CT molecular complexity index is 773. The van der Waals surface area contributed by atoms with Crippen molar-refractivity contribution in [1.29, 1.82) is 0 Å². The lowest BCUT2D eigenvalue weighted by Gasteiger charge is -2.07. The van der Waals surface area contributed by atoms with Crippen LogP contribution in [0.25, 0.3) is 5.95 Å². The molecule has 0 atom stereocenters. The van der Waals surface area contributed by atoms with Gasteiger partial charge in [-0.3, -0.25) is 9.36 Å². The first-order valence-corrected chi connectivity index (χ1v) is 6.69. The van der Waals surface area contributed by atoms with Crippen molar-refractivity contribution in [3.05, 3.63) is 61.2 Å². The zero-order valence-corrected chi connectivity index (χ0v) is 11.9. The summed E-state index contributed by atoms with van der Waals surface area (Å²) in [5, 5.41) is 2.61. The van der Waals surface area contributed by atoms with E-state index in [0.29, 0.717) is 17.4 Å². The minimum Gasteiger partial charge on any atom is -0.484 e. The van der Waals surface area contributed by atoms with Crippen LogP contribution in [0.4, 0.5) is 10.1 Å². The monoisotopic (exact) mass is 313 g/mol. The first kappa shape index (κ1) is 14.6. The lowest BCUT2D eigenvalue weighted by Crippen LogP contribution is -2.20. The Balaban J connectivity index is 1.54. The van der Waals surface area contributed by atoms with Crippen molar-refractivity contribution in [3.8, 4) is 11.7 Å². The molecule has 1 N–H and O–H groups in total. The summed E-state index contributed by atoms with van der Waals surface area (Å²) in [5.41, 5.74) is 0.446. The molecule has 1 amide bonds. The SMILES string of the molecule is O=C(COc1ccc(F)cc1)Nc1cnc(-n2ccnc2)nc1. The number of aromatic nitrogens is 4. The molecule has 3 aromatic rings. The fourth-order valence-electron chi connectivity index (χ4n) is 1.77. The lowest BCUT2D eigenvalue weighted by atomic mass is 10.3. The number of carbonyl (C=O) groups is 1. The number of halogens is 1. The van der Waals surface area contributed by atoms with Crippen molar-refractivity contribution in [2.24, 2.45) is 0 Å². The van der Waals surface area contributed by atoms with Crippen molar-refractivity contribution in [1.82, 2.24) is 19.5 Å². The van der Waals surface area contributed by atoms with E-state index in [0.717, 1.165) is 0 Å². The maximum absolute atomic E-state index is 12.8. The van der Waals surface area contributed by atoms with E-state index in [1.54, 1.807) is 23.3 Å². The summed E-state index contributed by atoms with van der Waals surface area (Å²) in [4.78, 5) is 23.9. The third-order valence-electron chi connectivity index (χ3n) is 2.84. The molecule has 3 rings (SSSR count). The Hall–Kier alpha value is -3.29. The third kappa shape index (κ3) is 3.88. The molecule has 0 spiro atoms. The topological polar surface area (TPSA) is 81.9 Å². The number of anilines is 1. The predicted octanol–water partition coefficient (Wildman–Crippen LogP) is 1.82. The molecule has 2 aromatic heterocycles. The molecule has 0 saturated heterocycles. The highest BCUT2D eigenvalue weighted by Gasteiger charge is 2.06. The van der Waals surface area contributed by atoms with Crippen LogP contribution in [-0.4, -0.2) is 32.0 Å². The predicted molar refractivity (Wildman–Crippen MR) is 79.7 cm³/mol. The van der Waals surface area contributed by atoms with Gasteiger partial charge in [-0.2, -0.15) is 0 Å². The molecule has 1 aromatic carbocycles. The number of imidazole rings is 1. The van der Waals surface area contributed by atoms with Gasteiger partial charge in [-0.25, -0.2) is 19.3 Å². The zero-order chi connectivity index (χ0) is 16.1. The number of benzene rings is 1. The summed E-state index contributed by atoms with van der Waals surface area (Å²) in [7, 11) is 0. The van der Waals surface area contributed by atoms with E-state index in [9.17, 15) is 9.18 Å². The van der Waals surface area contributed by atoms with Gasteiger partial charge in [0.2, 0.25) is 5.95 Å². The highest BCUT2D eigenvalue weighted by molar-refractivity contribution is 5.91. The average molecular weight is 313 g/mol. The quantitative estimate of drug-likeness (QED) is 0.777. The Morgan fingerprint density at radius 3 is 2.61 bits per heavy atom. The molecule has 7 nitrogen and oxygen atoms in total. The van der Waals surface area contributed by atoms with Crippen LogP contribution in [0, 0.1) is 5.82 Å². The molecule has 0 aliphatic carbocycles. The summed E-state index contributed by atoms with van der Waals surface area (Å²) in [6, 6.07) is 5.42. The van der Waals surface area contributed by atoms with Crippen molar-refractivity contribution < 1.29 is 13.9 Å². The van der Waals surface area contributed by atoms with Gasteiger partial charge in [-0.05, 0) is 24.3 Å². The van der Waals surface area contributed by atoms with E-state index in [2.05, 4.69) is 20.3 Å². The fraction of sp³-hybridized carbons (Fsp3) is 0.0667. The van der Waals surface area contributed by atoms with Crippen molar-refractivity contribution in [3.63, 3.8) is 0 Å². The standard InChI is InChI=1S/C15H12FN5O2/c16-11-1-3-13(4-2-11)23-9-14(22)20-12-7-18-15(19-8-12)21-6-5-17-10-21/h1-8,10H,9H2,(H,20,22). The third-order valence-corrected chi connectivity index (χ3v) is 2.84. The molecular formula is C15H12FN5O2. The molecule has 0 aliphatic heterocycles. The molecule has 0 unspecified atom stereocenters. The number of carbonyl (C=O) groups excluding carboxylic acids is 1. The molecule has 23 heavy (non-hydrogen) atoms. The van der Waals surface area contributed by atoms with Crippen LogP contribution in [0.3, 0.4) is 0 Å². The molecule has 116 valence electrons. The fourth-order valence-corrected chi connectivity index (χ4v) is 1.77. The van der Waals surface area contributed by atoms with Crippen LogP contribution < -0.4 is 10.1 Å². The Morgan fingerprint density at radius 2 is 1.96 bits per heavy atom. The molecule has 0 radical (unpaired) electrons. The number of nitrogens with zero attached hydrogens (tertiary/aromatic N) is 4. The van der Waals surface area contributed by atoms with Gasteiger partial charge < -0.3 is 10.1 Å². The van der Waals surface area contributed by atoms with Crippen LogP contribution in [0.5, 0.6) is 5.75 Å². The van der Waals surface area contributed by atoms with E-state index in [-0.39, 0.29) is 18.3 Å². The number of ether oxygens (including phenoxy) is 1. The summed E-state index contributed by atoms with van der Waals surface area (Å²) < 4.78 is 19.6. The second kappa shape index (κ2) is 6.65. The van der Waals surface area contributed by atoms with Gasteiger partial charge in [0, 0.05) is 12.4 Å². The largest absolute Gasteiger partial charge is 0.484 e. The van der Waals surface area contributed by atoms with Gasteiger partial charge in [0.05, 0.1) is 18.1 Å². The molecule has 8 heteroatoms. The lowest BCUT2D eigenvalue weighted by molar-refractivity contribution is -0.118. The number of hydrogen-bond acceptors (Lipinski definition) is 5. The van der Waals surface area contributed by atoms with Crippen LogP contribution in [0.15, 0.2) is 55.4 Å². The molecule has 0 saturated carbocycles. The Labute approximate surface area is 130 Å². The van der Waals surface area contributed by atoms with E-state index in [4.69, 9.17) is 4.74 Å². The minimum absolute atomic E-state index is 0.199. The van der Waals surface area contributed by atoms with E-state index in [1.165, 1.54) is 36.7 Å². The second-order valence-electron chi connectivity index (χ2n) is 4.53. The van der Waals surface area contributed by atoms with E-state index < -0.39 is 0 Å². The summed E-state index contributed by atoms with van der Waals surface area (Å²) in [5.74, 6) is 0.126. The molecule has 2 heterocycles.